The molecule has 0 radical (unpaired) electrons. The van der Waals surface area contributed by atoms with Gasteiger partial charge in [-0.05, 0) is 55.3 Å². The third kappa shape index (κ3) is 2.57. The van der Waals surface area contributed by atoms with E-state index in [1.807, 2.05) is 38.1 Å². The highest BCUT2D eigenvalue weighted by Gasteiger charge is 2.18. The number of hydrogen-bond acceptors (Lipinski definition) is 3. The second-order valence-corrected chi connectivity index (χ2v) is 5.88. The van der Waals surface area contributed by atoms with Gasteiger partial charge in [0.2, 0.25) is 0 Å². The van der Waals surface area contributed by atoms with Gasteiger partial charge in [0.25, 0.3) is 0 Å². The first-order valence-electron chi connectivity index (χ1n) is 6.87. The molecule has 4 nitrogen and oxygen atoms in total. The van der Waals surface area contributed by atoms with E-state index in [4.69, 9.17) is 11.0 Å². The van der Waals surface area contributed by atoms with Crippen LogP contribution in [0.1, 0.15) is 25.2 Å². The zero-order valence-electron chi connectivity index (χ0n) is 12.3. The van der Waals surface area contributed by atoms with Crippen LogP contribution >= 0.6 is 0 Å². The minimum absolute atomic E-state index is 0.295. The Balaban J connectivity index is 2.13. The number of nitrogens with two attached hydrogens (primary N) is 1. The number of benzene rings is 2. The first-order valence-corrected chi connectivity index (χ1v) is 6.87. The molecule has 2 aromatic carbocycles. The highest BCUT2D eigenvalue weighted by molar-refractivity contribution is 5.82. The second kappa shape index (κ2) is 4.93. The van der Waals surface area contributed by atoms with E-state index in [-0.39, 0.29) is 0 Å². The van der Waals surface area contributed by atoms with Crippen LogP contribution in [0.25, 0.3) is 22.2 Å². The third-order valence-corrected chi connectivity index (χ3v) is 3.45. The molecular formula is C17H15FN4. The normalized spacial score (nSPS) is 11.6. The smallest absolute Gasteiger partial charge is 0.126 e. The molecule has 0 unspecified atom stereocenters. The highest BCUT2D eigenvalue weighted by atomic mass is 19.1. The van der Waals surface area contributed by atoms with Gasteiger partial charge in [0.15, 0.2) is 0 Å². The Labute approximate surface area is 127 Å². The van der Waals surface area contributed by atoms with Crippen LogP contribution in [0.3, 0.4) is 0 Å². The lowest BCUT2D eigenvalue weighted by Gasteiger charge is -2.14. The summed E-state index contributed by atoms with van der Waals surface area (Å²) in [6, 6.07) is 11.8. The fourth-order valence-corrected chi connectivity index (χ4v) is 2.32. The van der Waals surface area contributed by atoms with Crippen molar-refractivity contribution in [1.82, 2.24) is 9.97 Å². The Hall–Kier alpha value is -2.71. The molecule has 0 saturated heterocycles. The van der Waals surface area contributed by atoms with Gasteiger partial charge < -0.3 is 10.7 Å². The molecule has 5 heteroatoms. The molecule has 0 amide bonds. The van der Waals surface area contributed by atoms with E-state index >= 15 is 0 Å². The van der Waals surface area contributed by atoms with Crippen molar-refractivity contribution in [3.05, 3.63) is 53.6 Å². The van der Waals surface area contributed by atoms with E-state index in [2.05, 4.69) is 9.97 Å². The van der Waals surface area contributed by atoms with Crippen LogP contribution in [-0.4, -0.2) is 9.97 Å². The van der Waals surface area contributed by atoms with Crippen molar-refractivity contribution < 1.29 is 4.39 Å². The first kappa shape index (κ1) is 14.2. The number of nitrogens with one attached hydrogen (secondary N) is 1. The van der Waals surface area contributed by atoms with E-state index in [0.29, 0.717) is 17.0 Å². The number of hydrogen-bond donors (Lipinski definition) is 2. The van der Waals surface area contributed by atoms with Gasteiger partial charge in [0.05, 0.1) is 28.2 Å². The maximum Gasteiger partial charge on any atom is 0.126 e. The van der Waals surface area contributed by atoms with Crippen LogP contribution in [0.2, 0.25) is 0 Å². The van der Waals surface area contributed by atoms with Gasteiger partial charge in [-0.1, -0.05) is 6.07 Å². The summed E-state index contributed by atoms with van der Waals surface area (Å²) in [6.07, 6.45) is 0. The number of halogens is 1. The average Bonchev–Trinajstić information content (AvgIpc) is 2.89. The Kier molecular flexibility index (Phi) is 3.19. The lowest BCUT2D eigenvalue weighted by molar-refractivity contribution is 0.522. The number of rotatable bonds is 2. The van der Waals surface area contributed by atoms with Crippen LogP contribution in [0, 0.1) is 17.1 Å². The van der Waals surface area contributed by atoms with Crippen LogP contribution in [0.15, 0.2) is 36.4 Å². The van der Waals surface area contributed by atoms with Crippen LogP contribution in [0.4, 0.5) is 4.39 Å². The molecule has 0 spiro atoms. The molecule has 0 bridgehead atoms. The topological polar surface area (TPSA) is 78.5 Å². The number of fused-ring (bicyclic) bond motifs is 1. The molecule has 3 N–H and O–H groups in total. The molecule has 0 aliphatic heterocycles. The number of aromatic nitrogens is 2. The molecule has 0 aliphatic rings. The molecule has 3 aromatic rings. The second-order valence-electron chi connectivity index (χ2n) is 5.88. The van der Waals surface area contributed by atoms with Gasteiger partial charge in [0, 0.05) is 0 Å². The van der Waals surface area contributed by atoms with E-state index in [1.54, 1.807) is 6.07 Å². The molecule has 0 saturated carbocycles. The fourth-order valence-electron chi connectivity index (χ4n) is 2.32. The first-order chi connectivity index (χ1) is 10.4. The van der Waals surface area contributed by atoms with Gasteiger partial charge in [-0.15, -0.1) is 0 Å². The summed E-state index contributed by atoms with van der Waals surface area (Å²) < 4.78 is 13.6. The SMILES string of the molecule is CC(C)(N)c1nc2ccc(-c3cc(F)cc(C#N)c3)cc2[nH]1. The van der Waals surface area contributed by atoms with Crippen molar-refractivity contribution in [2.24, 2.45) is 5.73 Å². The quantitative estimate of drug-likeness (QED) is 0.760. The van der Waals surface area contributed by atoms with Crippen LogP contribution in [-0.2, 0) is 5.54 Å². The van der Waals surface area contributed by atoms with E-state index in [1.165, 1.54) is 12.1 Å². The maximum atomic E-state index is 13.6. The molecule has 0 atom stereocenters. The molecule has 110 valence electrons. The van der Waals surface area contributed by atoms with Crippen molar-refractivity contribution in [2.75, 3.05) is 0 Å². The number of nitriles is 1. The van der Waals surface area contributed by atoms with Crippen molar-refractivity contribution in [3.63, 3.8) is 0 Å². The predicted octanol–water partition coefficient (Wildman–Crippen LogP) is 3.43. The monoisotopic (exact) mass is 294 g/mol. The average molecular weight is 294 g/mol. The number of aromatic amines is 1. The third-order valence-electron chi connectivity index (χ3n) is 3.45. The number of nitrogens with zero attached hydrogens (tertiary/aromatic N) is 2. The van der Waals surface area contributed by atoms with E-state index < -0.39 is 11.4 Å². The van der Waals surface area contributed by atoms with Crippen LogP contribution < -0.4 is 5.73 Å². The van der Waals surface area contributed by atoms with Crippen molar-refractivity contribution >= 4 is 11.0 Å². The summed E-state index contributed by atoms with van der Waals surface area (Å²) in [7, 11) is 0. The van der Waals surface area contributed by atoms with E-state index in [0.717, 1.165) is 16.6 Å². The molecular weight excluding hydrogens is 279 g/mol. The Bertz CT molecular complexity index is 897. The predicted molar refractivity (Wildman–Crippen MR) is 83.4 cm³/mol. The fraction of sp³-hybridized carbons (Fsp3) is 0.176. The standard InChI is InChI=1S/C17H15FN4/c1-17(2,20)16-21-14-4-3-11(8-15(14)22-16)12-5-10(9-19)6-13(18)7-12/h3-8H,20H2,1-2H3,(H,21,22). The van der Waals surface area contributed by atoms with Crippen LogP contribution in [0.5, 0.6) is 0 Å². The van der Waals surface area contributed by atoms with Crippen molar-refractivity contribution in [2.45, 2.75) is 19.4 Å². The minimum atomic E-state index is -0.563. The number of imidazole rings is 1. The summed E-state index contributed by atoms with van der Waals surface area (Å²) >= 11 is 0. The lowest BCUT2D eigenvalue weighted by atomic mass is 10.0. The largest absolute Gasteiger partial charge is 0.340 e. The van der Waals surface area contributed by atoms with E-state index in [9.17, 15) is 4.39 Å². The lowest BCUT2D eigenvalue weighted by Crippen LogP contribution is -2.30. The number of H-pyrrole nitrogens is 1. The summed E-state index contributed by atoms with van der Waals surface area (Å²) in [6.45, 7) is 3.74. The zero-order valence-corrected chi connectivity index (χ0v) is 12.3. The summed E-state index contributed by atoms with van der Waals surface area (Å²) in [5, 5.41) is 8.95. The molecule has 0 fully saturated rings. The highest BCUT2D eigenvalue weighted by Crippen LogP contribution is 2.26. The summed E-state index contributed by atoms with van der Waals surface area (Å²) in [5.74, 6) is 0.263. The Morgan fingerprint density at radius 2 is 1.95 bits per heavy atom. The Morgan fingerprint density at radius 1 is 1.18 bits per heavy atom. The molecule has 1 heterocycles. The van der Waals surface area contributed by atoms with Gasteiger partial charge in [-0.2, -0.15) is 5.26 Å². The molecule has 22 heavy (non-hydrogen) atoms. The minimum Gasteiger partial charge on any atom is -0.340 e. The summed E-state index contributed by atoms with van der Waals surface area (Å²) in [4.78, 5) is 7.66. The zero-order chi connectivity index (χ0) is 15.9. The van der Waals surface area contributed by atoms with Crippen molar-refractivity contribution in [3.8, 4) is 17.2 Å². The molecule has 0 aliphatic carbocycles. The summed E-state index contributed by atoms with van der Waals surface area (Å²) in [5.41, 5.74) is 8.88. The van der Waals surface area contributed by atoms with Gasteiger partial charge in [-0.25, -0.2) is 9.37 Å². The molecule has 1 aromatic heterocycles. The molecule has 3 rings (SSSR count). The van der Waals surface area contributed by atoms with Gasteiger partial charge >= 0.3 is 0 Å². The van der Waals surface area contributed by atoms with Gasteiger partial charge in [-0.3, -0.25) is 0 Å². The maximum absolute atomic E-state index is 13.6. The van der Waals surface area contributed by atoms with Crippen molar-refractivity contribution in [1.29, 1.82) is 5.26 Å². The van der Waals surface area contributed by atoms with Gasteiger partial charge in [0.1, 0.15) is 11.6 Å². The Morgan fingerprint density at radius 3 is 2.64 bits per heavy atom.